The van der Waals surface area contributed by atoms with Gasteiger partial charge in [0.05, 0.1) is 11.6 Å². The molecule has 0 aliphatic carbocycles. The number of rotatable bonds is 6. The molecule has 7 nitrogen and oxygen atoms in total. The average molecular weight is 403 g/mol. The first kappa shape index (κ1) is 20.7. The third-order valence-corrected chi connectivity index (χ3v) is 4.38. The van der Waals surface area contributed by atoms with E-state index in [0.29, 0.717) is 17.1 Å². The number of benzene rings is 3. The lowest BCUT2D eigenvalue weighted by Crippen LogP contribution is -2.50. The maximum Gasteiger partial charge on any atom is 0.279 e. The summed E-state index contributed by atoms with van der Waals surface area (Å²) >= 11 is 0. The molecule has 0 aromatic heterocycles. The molecule has 0 aliphatic heterocycles. The van der Waals surface area contributed by atoms with Gasteiger partial charge in [-0.05, 0) is 61.0 Å². The Morgan fingerprint density at radius 1 is 0.800 bits per heavy atom. The molecule has 0 saturated carbocycles. The van der Waals surface area contributed by atoms with E-state index in [9.17, 15) is 9.59 Å². The predicted molar refractivity (Wildman–Crippen MR) is 112 cm³/mol. The maximum absolute atomic E-state index is 12.2. The van der Waals surface area contributed by atoms with Crippen molar-refractivity contribution >= 4 is 22.6 Å². The largest absolute Gasteiger partial charge is 0.481 e. The van der Waals surface area contributed by atoms with Crippen LogP contribution in [0.2, 0.25) is 0 Å². The van der Waals surface area contributed by atoms with E-state index in [2.05, 4.69) is 10.9 Å². The number of nitrogens with one attached hydrogen (secondary N) is 2. The summed E-state index contributed by atoms with van der Waals surface area (Å²) in [6, 6.07) is 21.8. The molecular weight excluding hydrogens is 382 g/mol. The summed E-state index contributed by atoms with van der Waals surface area (Å²) < 4.78 is 11.2. The van der Waals surface area contributed by atoms with Crippen molar-refractivity contribution in [2.45, 2.75) is 26.1 Å². The highest BCUT2D eigenvalue weighted by Crippen LogP contribution is 2.21. The number of hydrazine groups is 1. The van der Waals surface area contributed by atoms with E-state index in [4.69, 9.17) is 14.7 Å². The molecule has 2 amide bonds. The molecule has 0 radical (unpaired) electrons. The van der Waals surface area contributed by atoms with Crippen molar-refractivity contribution in [2.24, 2.45) is 0 Å². The Kier molecular flexibility index (Phi) is 6.50. The third kappa shape index (κ3) is 5.26. The summed E-state index contributed by atoms with van der Waals surface area (Å²) in [6.07, 6.45) is -1.67. The first-order chi connectivity index (χ1) is 14.5. The lowest BCUT2D eigenvalue weighted by Gasteiger charge is -2.18. The van der Waals surface area contributed by atoms with Crippen LogP contribution in [0.15, 0.2) is 66.7 Å². The number of carbonyl (C=O) groups is 2. The molecule has 0 bridgehead atoms. The van der Waals surface area contributed by atoms with E-state index < -0.39 is 24.0 Å². The van der Waals surface area contributed by atoms with Crippen LogP contribution in [0, 0.1) is 11.3 Å². The Labute approximate surface area is 174 Å². The normalized spacial score (nSPS) is 12.3. The number of amides is 2. The molecule has 0 aliphatic rings. The first-order valence-corrected chi connectivity index (χ1v) is 9.38. The molecule has 3 rings (SSSR count). The van der Waals surface area contributed by atoms with Gasteiger partial charge in [-0.1, -0.05) is 30.3 Å². The van der Waals surface area contributed by atoms with E-state index in [1.54, 1.807) is 44.2 Å². The van der Waals surface area contributed by atoms with Crippen molar-refractivity contribution in [1.29, 1.82) is 5.26 Å². The molecule has 0 spiro atoms. The minimum atomic E-state index is -0.852. The number of ether oxygens (including phenoxy) is 2. The van der Waals surface area contributed by atoms with Gasteiger partial charge >= 0.3 is 0 Å². The lowest BCUT2D eigenvalue weighted by atomic mass is 10.1. The van der Waals surface area contributed by atoms with E-state index in [1.807, 2.05) is 42.5 Å². The zero-order valence-corrected chi connectivity index (χ0v) is 16.6. The summed E-state index contributed by atoms with van der Waals surface area (Å²) in [7, 11) is 0. The monoisotopic (exact) mass is 403 g/mol. The number of hydrogen-bond acceptors (Lipinski definition) is 5. The maximum atomic E-state index is 12.2. The SMILES string of the molecule is CC(Oc1ccc(C#N)cc1)C(=O)NNC(=O)C(C)Oc1ccc2ccccc2c1. The molecule has 2 atom stereocenters. The minimum absolute atomic E-state index is 0.441. The van der Waals surface area contributed by atoms with Gasteiger partial charge in [0.15, 0.2) is 12.2 Å². The molecule has 0 heterocycles. The number of hydrogen-bond donors (Lipinski definition) is 2. The smallest absolute Gasteiger partial charge is 0.279 e. The molecular formula is C23H21N3O4. The van der Waals surface area contributed by atoms with Gasteiger partial charge in [-0.25, -0.2) is 0 Å². The van der Waals surface area contributed by atoms with Crippen LogP contribution in [0.1, 0.15) is 19.4 Å². The van der Waals surface area contributed by atoms with E-state index in [-0.39, 0.29) is 0 Å². The van der Waals surface area contributed by atoms with Gasteiger partial charge in [0.1, 0.15) is 11.5 Å². The van der Waals surface area contributed by atoms with Crippen LogP contribution in [-0.2, 0) is 9.59 Å². The van der Waals surface area contributed by atoms with Crippen molar-refractivity contribution in [3.8, 4) is 17.6 Å². The van der Waals surface area contributed by atoms with Crippen LogP contribution in [0.4, 0.5) is 0 Å². The zero-order valence-electron chi connectivity index (χ0n) is 16.6. The highest BCUT2D eigenvalue weighted by molar-refractivity contribution is 5.87. The standard InChI is InChI=1S/C23H21N3O4/c1-15(29-20-10-7-17(14-24)8-11-20)22(27)25-26-23(28)16(2)30-21-12-9-18-5-3-4-6-19(18)13-21/h3-13,15-16H,1-2H3,(H,25,27)(H,26,28). The summed E-state index contributed by atoms with van der Waals surface area (Å²) in [5.74, 6) is -0.0242. The van der Waals surface area contributed by atoms with Crippen molar-refractivity contribution in [2.75, 3.05) is 0 Å². The van der Waals surface area contributed by atoms with Crippen molar-refractivity contribution < 1.29 is 19.1 Å². The second kappa shape index (κ2) is 9.43. The van der Waals surface area contributed by atoms with Crippen LogP contribution in [-0.4, -0.2) is 24.0 Å². The van der Waals surface area contributed by atoms with Crippen LogP contribution in [0.5, 0.6) is 11.5 Å². The van der Waals surface area contributed by atoms with Gasteiger partial charge in [0.25, 0.3) is 11.8 Å². The fourth-order valence-electron chi connectivity index (χ4n) is 2.69. The number of fused-ring (bicyclic) bond motifs is 1. The summed E-state index contributed by atoms with van der Waals surface area (Å²) in [5, 5.41) is 10.9. The van der Waals surface area contributed by atoms with Crippen molar-refractivity contribution in [3.63, 3.8) is 0 Å². The van der Waals surface area contributed by atoms with Crippen LogP contribution in [0.25, 0.3) is 10.8 Å². The lowest BCUT2D eigenvalue weighted by molar-refractivity contribution is -0.135. The van der Waals surface area contributed by atoms with Gasteiger partial charge in [0.2, 0.25) is 0 Å². The number of nitrogens with zero attached hydrogens (tertiary/aromatic N) is 1. The molecule has 3 aromatic rings. The Balaban J connectivity index is 1.49. The average Bonchev–Trinajstić information content (AvgIpc) is 2.77. The number of nitriles is 1. The minimum Gasteiger partial charge on any atom is -0.481 e. The summed E-state index contributed by atoms with van der Waals surface area (Å²) in [4.78, 5) is 24.4. The molecule has 30 heavy (non-hydrogen) atoms. The van der Waals surface area contributed by atoms with Crippen molar-refractivity contribution in [1.82, 2.24) is 10.9 Å². The molecule has 0 saturated heterocycles. The van der Waals surface area contributed by atoms with Gasteiger partial charge in [-0.3, -0.25) is 20.4 Å². The highest BCUT2D eigenvalue weighted by Gasteiger charge is 2.19. The molecule has 2 unspecified atom stereocenters. The van der Waals surface area contributed by atoms with Gasteiger partial charge in [-0.2, -0.15) is 5.26 Å². The Hall–Kier alpha value is -4.05. The summed E-state index contributed by atoms with van der Waals surface area (Å²) in [5.41, 5.74) is 5.16. The van der Waals surface area contributed by atoms with Crippen molar-refractivity contribution in [3.05, 3.63) is 72.3 Å². The van der Waals surface area contributed by atoms with Crippen LogP contribution in [0.3, 0.4) is 0 Å². The van der Waals surface area contributed by atoms with Gasteiger partial charge < -0.3 is 9.47 Å². The quantitative estimate of drug-likeness (QED) is 0.616. The van der Waals surface area contributed by atoms with E-state index in [0.717, 1.165) is 10.8 Å². The van der Waals surface area contributed by atoms with Crippen LogP contribution >= 0.6 is 0 Å². The molecule has 2 N–H and O–H groups in total. The van der Waals surface area contributed by atoms with Crippen LogP contribution < -0.4 is 20.3 Å². The van der Waals surface area contributed by atoms with Gasteiger partial charge in [0, 0.05) is 0 Å². The Morgan fingerprint density at radius 2 is 1.33 bits per heavy atom. The third-order valence-electron chi connectivity index (χ3n) is 4.38. The topological polar surface area (TPSA) is 100 Å². The summed E-state index contributed by atoms with van der Waals surface area (Å²) in [6.45, 7) is 3.14. The fourth-order valence-corrected chi connectivity index (χ4v) is 2.69. The predicted octanol–water partition coefficient (Wildman–Crippen LogP) is 3.09. The molecule has 7 heteroatoms. The highest BCUT2D eigenvalue weighted by atomic mass is 16.5. The second-order valence-corrected chi connectivity index (χ2v) is 6.64. The van der Waals surface area contributed by atoms with E-state index in [1.165, 1.54) is 0 Å². The zero-order chi connectivity index (χ0) is 21.5. The molecule has 152 valence electrons. The number of carbonyl (C=O) groups excluding carboxylic acids is 2. The Morgan fingerprint density at radius 3 is 1.93 bits per heavy atom. The second-order valence-electron chi connectivity index (χ2n) is 6.64. The fraction of sp³-hybridized carbons (Fsp3) is 0.174. The van der Waals surface area contributed by atoms with Gasteiger partial charge in [-0.15, -0.1) is 0 Å². The van der Waals surface area contributed by atoms with E-state index >= 15 is 0 Å². The molecule has 0 fully saturated rings. The first-order valence-electron chi connectivity index (χ1n) is 9.38. The Bertz CT molecular complexity index is 1090. The molecule has 3 aromatic carbocycles.